The van der Waals surface area contributed by atoms with E-state index >= 15 is 0 Å². The Morgan fingerprint density at radius 2 is 1.93 bits per heavy atom. The summed E-state index contributed by atoms with van der Waals surface area (Å²) in [4.78, 5) is 21.7. The van der Waals surface area contributed by atoms with Gasteiger partial charge in [0.05, 0.1) is 5.56 Å². The first-order valence-electron chi connectivity index (χ1n) is 5.02. The quantitative estimate of drug-likeness (QED) is 0.803. The first-order chi connectivity index (χ1) is 7.16. The Kier molecular flexibility index (Phi) is 2.54. The number of carboxylic acid groups (broad SMARTS) is 1. The summed E-state index contributed by atoms with van der Waals surface area (Å²) in [6.45, 7) is 0. The van der Waals surface area contributed by atoms with Gasteiger partial charge in [0, 0.05) is 12.8 Å². The van der Waals surface area contributed by atoms with E-state index < -0.39 is 5.97 Å². The second-order valence-corrected chi connectivity index (χ2v) is 3.91. The number of ketones is 1. The van der Waals surface area contributed by atoms with E-state index in [0.29, 0.717) is 30.1 Å². The Bertz CT molecular complexity index is 392. The minimum Gasteiger partial charge on any atom is -0.478 e. The zero-order valence-corrected chi connectivity index (χ0v) is 8.27. The van der Waals surface area contributed by atoms with E-state index in [1.165, 1.54) is 0 Å². The van der Waals surface area contributed by atoms with Crippen molar-refractivity contribution in [2.75, 3.05) is 0 Å². The van der Waals surface area contributed by atoms with Crippen LogP contribution in [0.2, 0.25) is 0 Å². The molecule has 0 aliphatic heterocycles. The summed E-state index contributed by atoms with van der Waals surface area (Å²) in [7, 11) is 0. The predicted molar refractivity (Wildman–Crippen MR) is 55.0 cm³/mol. The van der Waals surface area contributed by atoms with Crippen molar-refractivity contribution in [3.8, 4) is 0 Å². The summed E-state index contributed by atoms with van der Waals surface area (Å²) in [5.41, 5.74) is 1.37. The van der Waals surface area contributed by atoms with Gasteiger partial charge in [0.1, 0.15) is 5.78 Å². The molecule has 1 aromatic rings. The molecule has 1 aliphatic carbocycles. The van der Waals surface area contributed by atoms with E-state index in [4.69, 9.17) is 5.11 Å². The van der Waals surface area contributed by atoms with Gasteiger partial charge in [0.2, 0.25) is 0 Å². The number of carbonyl (C=O) groups is 2. The number of benzene rings is 1. The van der Waals surface area contributed by atoms with Crippen LogP contribution >= 0.6 is 0 Å². The van der Waals surface area contributed by atoms with Gasteiger partial charge in [-0.2, -0.15) is 0 Å². The van der Waals surface area contributed by atoms with Crippen molar-refractivity contribution in [3.63, 3.8) is 0 Å². The maximum absolute atomic E-state index is 11.1. The standard InChI is InChI=1S/C12H12O3/c13-11-6-5-10(7-11)8-1-3-9(4-2-8)12(14)15/h1-4,10H,5-7H2,(H,14,15). The molecule has 1 aromatic carbocycles. The molecular formula is C12H12O3. The molecule has 2 rings (SSSR count). The minimum atomic E-state index is -0.913. The fraction of sp³-hybridized carbons (Fsp3) is 0.333. The molecule has 0 aromatic heterocycles. The highest BCUT2D eigenvalue weighted by Gasteiger charge is 2.23. The number of rotatable bonds is 2. The zero-order chi connectivity index (χ0) is 10.8. The Hall–Kier alpha value is -1.64. The fourth-order valence-corrected chi connectivity index (χ4v) is 2.00. The molecule has 3 heteroatoms. The summed E-state index contributed by atoms with van der Waals surface area (Å²) < 4.78 is 0. The van der Waals surface area contributed by atoms with Crippen LogP contribution in [0.5, 0.6) is 0 Å². The Morgan fingerprint density at radius 1 is 1.27 bits per heavy atom. The Morgan fingerprint density at radius 3 is 2.40 bits per heavy atom. The summed E-state index contributed by atoms with van der Waals surface area (Å²) in [5.74, 6) is -0.313. The van der Waals surface area contributed by atoms with E-state index in [-0.39, 0.29) is 0 Å². The molecule has 1 aliphatic rings. The lowest BCUT2D eigenvalue weighted by atomic mass is 9.97. The van der Waals surface area contributed by atoms with Gasteiger partial charge in [-0.25, -0.2) is 4.79 Å². The number of Topliss-reactive ketones (excluding diaryl/α,β-unsaturated/α-hetero) is 1. The minimum absolute atomic E-state index is 0.292. The zero-order valence-electron chi connectivity index (χ0n) is 8.27. The third-order valence-electron chi connectivity index (χ3n) is 2.87. The molecule has 0 radical (unpaired) electrons. The van der Waals surface area contributed by atoms with Gasteiger partial charge < -0.3 is 5.11 Å². The van der Waals surface area contributed by atoms with Gasteiger partial charge in [0.15, 0.2) is 0 Å². The monoisotopic (exact) mass is 204 g/mol. The highest BCUT2D eigenvalue weighted by Crippen LogP contribution is 2.31. The topological polar surface area (TPSA) is 54.4 Å². The molecule has 3 nitrogen and oxygen atoms in total. The number of carboxylic acids is 1. The van der Waals surface area contributed by atoms with Crippen molar-refractivity contribution in [1.82, 2.24) is 0 Å². The molecule has 78 valence electrons. The van der Waals surface area contributed by atoms with Crippen molar-refractivity contribution in [2.24, 2.45) is 0 Å². The molecule has 0 amide bonds. The van der Waals surface area contributed by atoms with Crippen LogP contribution in [0, 0.1) is 0 Å². The van der Waals surface area contributed by atoms with E-state index in [2.05, 4.69) is 0 Å². The number of hydrogen-bond donors (Lipinski definition) is 1. The van der Waals surface area contributed by atoms with Crippen LogP contribution in [0.3, 0.4) is 0 Å². The Balaban J connectivity index is 2.17. The van der Waals surface area contributed by atoms with Crippen molar-refractivity contribution in [1.29, 1.82) is 0 Å². The van der Waals surface area contributed by atoms with Gasteiger partial charge in [-0.05, 0) is 30.0 Å². The van der Waals surface area contributed by atoms with Gasteiger partial charge in [0.25, 0.3) is 0 Å². The molecule has 0 heterocycles. The number of aromatic carboxylic acids is 1. The first kappa shape index (κ1) is 9.90. The van der Waals surface area contributed by atoms with Crippen LogP contribution in [0.25, 0.3) is 0 Å². The maximum atomic E-state index is 11.1. The Labute approximate surface area is 87.7 Å². The van der Waals surface area contributed by atoms with Gasteiger partial charge >= 0.3 is 5.97 Å². The second-order valence-electron chi connectivity index (χ2n) is 3.91. The van der Waals surface area contributed by atoms with E-state index in [9.17, 15) is 9.59 Å². The lowest BCUT2D eigenvalue weighted by molar-refractivity contribution is -0.117. The first-order valence-corrected chi connectivity index (χ1v) is 5.02. The lowest BCUT2D eigenvalue weighted by Gasteiger charge is -2.08. The highest BCUT2D eigenvalue weighted by molar-refractivity contribution is 5.87. The van der Waals surface area contributed by atoms with E-state index in [1.54, 1.807) is 12.1 Å². The third-order valence-corrected chi connectivity index (χ3v) is 2.87. The van der Waals surface area contributed by atoms with Crippen molar-refractivity contribution in [3.05, 3.63) is 35.4 Å². The highest BCUT2D eigenvalue weighted by atomic mass is 16.4. The van der Waals surface area contributed by atoms with Crippen molar-refractivity contribution in [2.45, 2.75) is 25.2 Å². The molecule has 1 saturated carbocycles. The van der Waals surface area contributed by atoms with Crippen molar-refractivity contribution >= 4 is 11.8 Å². The fourth-order valence-electron chi connectivity index (χ4n) is 2.00. The van der Waals surface area contributed by atoms with Crippen LogP contribution in [0.1, 0.15) is 41.1 Å². The molecule has 0 spiro atoms. The molecule has 1 atom stereocenters. The SMILES string of the molecule is O=C1CCC(c2ccc(C(=O)O)cc2)C1. The maximum Gasteiger partial charge on any atom is 0.335 e. The van der Waals surface area contributed by atoms with Crippen LogP contribution < -0.4 is 0 Å². The molecule has 0 bridgehead atoms. The average molecular weight is 204 g/mol. The molecular weight excluding hydrogens is 192 g/mol. The van der Waals surface area contributed by atoms with Gasteiger partial charge in [-0.15, -0.1) is 0 Å². The predicted octanol–water partition coefficient (Wildman–Crippen LogP) is 2.22. The molecule has 1 N–H and O–H groups in total. The third kappa shape index (κ3) is 2.06. The van der Waals surface area contributed by atoms with Crippen molar-refractivity contribution < 1.29 is 14.7 Å². The summed E-state index contributed by atoms with van der Waals surface area (Å²) >= 11 is 0. The van der Waals surface area contributed by atoms with Crippen LogP contribution in [0.15, 0.2) is 24.3 Å². The normalized spacial score (nSPS) is 20.5. The summed E-state index contributed by atoms with van der Waals surface area (Å²) in [6.07, 6.45) is 2.16. The number of hydrogen-bond acceptors (Lipinski definition) is 2. The van der Waals surface area contributed by atoms with E-state index in [0.717, 1.165) is 12.0 Å². The van der Waals surface area contributed by atoms with Crippen LogP contribution in [-0.2, 0) is 4.79 Å². The molecule has 1 unspecified atom stereocenters. The van der Waals surface area contributed by atoms with Crippen LogP contribution in [-0.4, -0.2) is 16.9 Å². The largest absolute Gasteiger partial charge is 0.478 e. The average Bonchev–Trinajstić information content (AvgIpc) is 2.65. The molecule has 1 fully saturated rings. The van der Waals surface area contributed by atoms with Gasteiger partial charge in [-0.3, -0.25) is 4.79 Å². The van der Waals surface area contributed by atoms with Gasteiger partial charge in [-0.1, -0.05) is 12.1 Å². The second kappa shape index (κ2) is 3.85. The molecule has 15 heavy (non-hydrogen) atoms. The lowest BCUT2D eigenvalue weighted by Crippen LogP contribution is -1.98. The number of carbonyl (C=O) groups excluding carboxylic acids is 1. The van der Waals surface area contributed by atoms with Crippen LogP contribution in [0.4, 0.5) is 0 Å². The van der Waals surface area contributed by atoms with E-state index in [1.807, 2.05) is 12.1 Å². The summed E-state index contributed by atoms with van der Waals surface area (Å²) in [6, 6.07) is 6.82. The molecule has 0 saturated heterocycles. The summed E-state index contributed by atoms with van der Waals surface area (Å²) in [5, 5.41) is 8.73. The smallest absolute Gasteiger partial charge is 0.335 e.